The van der Waals surface area contributed by atoms with Gasteiger partial charge in [0.05, 0.1) is 66.2 Å². The number of nitrogens with zero attached hydrogens (tertiary/aromatic N) is 15. The van der Waals surface area contributed by atoms with Gasteiger partial charge in [0, 0.05) is 136 Å². The molecule has 22 aromatic rings. The van der Waals surface area contributed by atoms with Gasteiger partial charge in [-0.25, -0.2) is 44.9 Å². The zero-order valence-corrected chi connectivity index (χ0v) is 54.2. The Hall–Kier alpha value is -14.3. The molecular formula is C87H51N15. The van der Waals surface area contributed by atoms with Crippen molar-refractivity contribution in [1.29, 1.82) is 0 Å². The largest absolute Gasteiger partial charge is 0.309 e. The van der Waals surface area contributed by atoms with Crippen LogP contribution in [0.15, 0.2) is 310 Å². The fourth-order valence-electron chi connectivity index (χ4n) is 16.1. The topological polar surface area (TPSA) is 146 Å². The number of rotatable bonds is 9. The van der Waals surface area contributed by atoms with Gasteiger partial charge >= 0.3 is 0 Å². The highest BCUT2D eigenvalue weighted by atomic mass is 15.2. The van der Waals surface area contributed by atoms with Gasteiger partial charge in [0.2, 0.25) is 17.8 Å². The lowest BCUT2D eigenvalue weighted by molar-refractivity contribution is 0.988. The van der Waals surface area contributed by atoms with Crippen molar-refractivity contribution in [3.05, 3.63) is 310 Å². The first-order valence-electron chi connectivity index (χ1n) is 33.9. The Bertz CT molecular complexity index is 6400. The molecule has 0 aliphatic rings. The van der Waals surface area contributed by atoms with Crippen LogP contribution >= 0.6 is 0 Å². The SMILES string of the molecule is c1cnc(-n2c3ccc(-c4nc(-c5ccc6c(c5)c5cc(-n7c8ccccc8c8ccccc87)ccc5n6-c5ncccn5)nc(-c5ccc6c(c5)c5cc(-n7c8ccccc8c8ccccc87)ccc5n6-c5ncccn5)n4)cc3c3cc(-n4c5ccccc5c5ccccc54)ccc32)nc1. The molecule has 15 heteroatoms. The molecule has 0 amide bonds. The van der Waals surface area contributed by atoms with Crippen molar-refractivity contribution >= 4 is 131 Å². The van der Waals surface area contributed by atoms with Crippen molar-refractivity contribution in [2.45, 2.75) is 0 Å². The molecule has 474 valence electrons. The van der Waals surface area contributed by atoms with Crippen LogP contribution in [0.4, 0.5) is 0 Å². The molecule has 10 heterocycles. The highest BCUT2D eigenvalue weighted by molar-refractivity contribution is 6.17. The third-order valence-corrected chi connectivity index (χ3v) is 20.4. The number of aromatic nitrogens is 15. The van der Waals surface area contributed by atoms with E-state index < -0.39 is 0 Å². The van der Waals surface area contributed by atoms with Gasteiger partial charge in [0.15, 0.2) is 17.5 Å². The van der Waals surface area contributed by atoms with Crippen LogP contribution in [0, 0.1) is 0 Å². The maximum Gasteiger partial charge on any atom is 0.234 e. The van der Waals surface area contributed by atoms with Crippen LogP contribution in [0.5, 0.6) is 0 Å². The van der Waals surface area contributed by atoms with Gasteiger partial charge in [-0.2, -0.15) is 0 Å². The van der Waals surface area contributed by atoms with Gasteiger partial charge in [0.25, 0.3) is 0 Å². The van der Waals surface area contributed by atoms with E-state index in [2.05, 4.69) is 282 Å². The van der Waals surface area contributed by atoms with E-state index in [1.165, 1.54) is 32.3 Å². The van der Waals surface area contributed by atoms with Crippen LogP contribution in [0.2, 0.25) is 0 Å². The maximum absolute atomic E-state index is 5.59. The Morgan fingerprint density at radius 2 is 0.373 bits per heavy atom. The summed E-state index contributed by atoms with van der Waals surface area (Å²) in [5, 5.41) is 13.1. The van der Waals surface area contributed by atoms with Crippen molar-refractivity contribution in [1.82, 2.24) is 72.3 Å². The van der Waals surface area contributed by atoms with Gasteiger partial charge in [-0.3, -0.25) is 13.7 Å². The Morgan fingerprint density at radius 1 is 0.167 bits per heavy atom. The first kappa shape index (κ1) is 55.8. The summed E-state index contributed by atoms with van der Waals surface area (Å²) in [6.07, 6.45) is 10.7. The van der Waals surface area contributed by atoms with E-state index in [0.29, 0.717) is 35.3 Å². The third-order valence-electron chi connectivity index (χ3n) is 20.4. The molecule has 102 heavy (non-hydrogen) atoms. The quantitative estimate of drug-likeness (QED) is 0.138. The average Bonchev–Trinajstić information content (AvgIpc) is 1.57. The van der Waals surface area contributed by atoms with Crippen LogP contribution in [0.1, 0.15) is 0 Å². The first-order chi connectivity index (χ1) is 50.6. The summed E-state index contributed by atoms with van der Waals surface area (Å²) < 4.78 is 13.5. The second kappa shape index (κ2) is 21.6. The van der Waals surface area contributed by atoms with E-state index in [-0.39, 0.29) is 0 Å². The fourth-order valence-corrected chi connectivity index (χ4v) is 16.1. The van der Waals surface area contributed by atoms with E-state index in [0.717, 1.165) is 132 Å². The molecule has 0 aliphatic carbocycles. The van der Waals surface area contributed by atoms with Crippen LogP contribution in [-0.4, -0.2) is 72.3 Å². The summed E-state index contributed by atoms with van der Waals surface area (Å²) in [4.78, 5) is 45.8. The molecular weight excluding hydrogens is 1260 g/mol. The smallest absolute Gasteiger partial charge is 0.234 e. The maximum atomic E-state index is 5.59. The molecule has 0 atom stereocenters. The Kier molecular flexibility index (Phi) is 11.8. The van der Waals surface area contributed by atoms with Crippen molar-refractivity contribution in [2.75, 3.05) is 0 Å². The predicted octanol–water partition coefficient (Wildman–Crippen LogP) is 19.8. The van der Waals surface area contributed by atoms with E-state index in [1.54, 1.807) is 37.2 Å². The number of hydrogen-bond donors (Lipinski definition) is 0. The van der Waals surface area contributed by atoms with Gasteiger partial charge in [-0.1, -0.05) is 109 Å². The highest BCUT2D eigenvalue weighted by Gasteiger charge is 2.25. The Balaban J connectivity index is 0.789. The summed E-state index contributed by atoms with van der Waals surface area (Å²) >= 11 is 0. The molecule has 0 saturated heterocycles. The van der Waals surface area contributed by atoms with Crippen LogP contribution in [0.3, 0.4) is 0 Å². The number of para-hydroxylation sites is 6. The minimum Gasteiger partial charge on any atom is -0.309 e. The lowest BCUT2D eigenvalue weighted by Crippen LogP contribution is -2.02. The molecule has 0 N–H and O–H groups in total. The molecule has 10 aromatic heterocycles. The average molecular weight is 1310 g/mol. The lowest BCUT2D eigenvalue weighted by atomic mass is 10.1. The number of benzene rings is 12. The summed E-state index contributed by atoms with van der Waals surface area (Å²) in [5.41, 5.74) is 17.9. The molecule has 15 nitrogen and oxygen atoms in total. The van der Waals surface area contributed by atoms with Crippen LogP contribution in [0.25, 0.3) is 200 Å². The van der Waals surface area contributed by atoms with Crippen LogP contribution in [-0.2, 0) is 0 Å². The molecule has 0 spiro atoms. The van der Waals surface area contributed by atoms with E-state index in [9.17, 15) is 0 Å². The molecule has 22 rings (SSSR count). The van der Waals surface area contributed by atoms with E-state index in [4.69, 9.17) is 44.9 Å². The van der Waals surface area contributed by atoms with Gasteiger partial charge < -0.3 is 13.7 Å². The number of fused-ring (bicyclic) bond motifs is 18. The first-order valence-corrected chi connectivity index (χ1v) is 33.9. The number of hydrogen-bond acceptors (Lipinski definition) is 9. The fraction of sp³-hybridized carbons (Fsp3) is 0. The van der Waals surface area contributed by atoms with Crippen molar-refractivity contribution in [2.24, 2.45) is 0 Å². The Labute approximate surface area is 579 Å². The molecule has 0 fully saturated rings. The summed E-state index contributed by atoms with van der Waals surface area (Å²) in [7, 11) is 0. The highest BCUT2D eigenvalue weighted by Crippen LogP contribution is 2.43. The molecule has 0 aliphatic heterocycles. The molecule has 0 bridgehead atoms. The van der Waals surface area contributed by atoms with Gasteiger partial charge in [-0.05, 0) is 164 Å². The second-order valence-corrected chi connectivity index (χ2v) is 25.9. The van der Waals surface area contributed by atoms with Crippen molar-refractivity contribution < 1.29 is 0 Å². The Morgan fingerprint density at radius 3 is 0.618 bits per heavy atom. The third kappa shape index (κ3) is 8.20. The monoisotopic (exact) mass is 1310 g/mol. The lowest BCUT2D eigenvalue weighted by Gasteiger charge is -2.10. The van der Waals surface area contributed by atoms with Crippen molar-refractivity contribution in [3.8, 4) is 69.1 Å². The van der Waals surface area contributed by atoms with Crippen LogP contribution < -0.4 is 0 Å². The minimum atomic E-state index is 0.495. The molecule has 0 unspecified atom stereocenters. The summed E-state index contributed by atoms with van der Waals surface area (Å²) in [5.74, 6) is 3.18. The zero-order valence-electron chi connectivity index (χ0n) is 54.2. The van der Waals surface area contributed by atoms with Gasteiger partial charge in [-0.15, -0.1) is 0 Å². The molecule has 0 saturated carbocycles. The van der Waals surface area contributed by atoms with Gasteiger partial charge in [0.1, 0.15) is 0 Å². The predicted molar refractivity (Wildman–Crippen MR) is 409 cm³/mol. The van der Waals surface area contributed by atoms with E-state index >= 15 is 0 Å². The van der Waals surface area contributed by atoms with Crippen molar-refractivity contribution in [3.63, 3.8) is 0 Å². The minimum absolute atomic E-state index is 0.495. The summed E-state index contributed by atoms with van der Waals surface area (Å²) in [6.45, 7) is 0. The molecule has 12 aromatic carbocycles. The van der Waals surface area contributed by atoms with E-state index in [1.807, 2.05) is 18.2 Å². The normalized spacial score (nSPS) is 12.1. The second-order valence-electron chi connectivity index (χ2n) is 25.9. The summed E-state index contributed by atoms with van der Waals surface area (Å²) in [6, 6.07) is 96.7. The standard InChI is InChI=1S/C87H51N15/c1-7-22-70-58(16-1)59-17-2-8-23-71(59)97(70)55-31-37-79-67(49-55)64-46-52(28-34-76(64)100(79)85-88-40-13-41-89-85)82-94-83(53-29-35-77-65(47-53)68-50-56(32-38-80(68)101(77)86-90-42-14-43-91-86)98-72-24-9-3-18-60(72)61-19-4-10-25-73(61)98)96-84(95-82)54-30-36-78-66(48-54)69-51-57(33-39-81(69)102(78)87-92-44-15-45-93-87)99-74-26-11-5-20-62(74)63-21-6-12-27-75(63)99/h1-51H. The molecule has 0 radical (unpaired) electrons. The zero-order chi connectivity index (χ0) is 66.7.